The van der Waals surface area contributed by atoms with Crippen LogP contribution in [0.5, 0.6) is 0 Å². The molecule has 1 saturated carbocycles. The van der Waals surface area contributed by atoms with Gasteiger partial charge in [-0.2, -0.15) is 0 Å². The quantitative estimate of drug-likeness (QED) is 0.768. The van der Waals surface area contributed by atoms with Gasteiger partial charge in [0.05, 0.1) is 11.0 Å². The van der Waals surface area contributed by atoms with E-state index in [4.69, 9.17) is 18.0 Å². The molecule has 0 aromatic heterocycles. The zero-order valence-corrected chi connectivity index (χ0v) is 11.3. The summed E-state index contributed by atoms with van der Waals surface area (Å²) in [5, 5.41) is 0. The summed E-state index contributed by atoms with van der Waals surface area (Å²) in [6, 6.07) is 0.0130. The van der Waals surface area contributed by atoms with Crippen LogP contribution >= 0.6 is 12.2 Å². The predicted molar refractivity (Wildman–Crippen MR) is 72.6 cm³/mol. The van der Waals surface area contributed by atoms with Gasteiger partial charge in [0.1, 0.15) is 0 Å². The summed E-state index contributed by atoms with van der Waals surface area (Å²) in [5.74, 6) is 1.04. The number of hydrogen-bond donors (Lipinski definition) is 1. The maximum absolute atomic E-state index is 12.5. The zero-order chi connectivity index (χ0) is 12.4. The van der Waals surface area contributed by atoms with Gasteiger partial charge in [-0.25, -0.2) is 0 Å². The fourth-order valence-electron chi connectivity index (χ4n) is 3.22. The molecule has 1 saturated heterocycles. The average Bonchev–Trinajstić information content (AvgIpc) is 2.74. The second-order valence-corrected chi connectivity index (χ2v) is 5.93. The lowest BCUT2D eigenvalue weighted by Gasteiger charge is -2.37. The third kappa shape index (κ3) is 2.62. The van der Waals surface area contributed by atoms with Crippen molar-refractivity contribution in [2.75, 3.05) is 6.54 Å². The molecule has 1 aliphatic heterocycles. The van der Waals surface area contributed by atoms with Gasteiger partial charge in [-0.05, 0) is 38.0 Å². The lowest BCUT2D eigenvalue weighted by atomic mass is 9.93. The van der Waals surface area contributed by atoms with Crippen molar-refractivity contribution in [3.8, 4) is 0 Å². The van der Waals surface area contributed by atoms with E-state index in [0.717, 1.165) is 32.2 Å². The van der Waals surface area contributed by atoms with E-state index in [1.54, 1.807) is 0 Å². The van der Waals surface area contributed by atoms with Crippen molar-refractivity contribution in [3.05, 3.63) is 0 Å². The molecule has 0 bridgehead atoms. The number of hydrogen-bond acceptors (Lipinski definition) is 2. The Morgan fingerprint density at radius 3 is 2.59 bits per heavy atom. The van der Waals surface area contributed by atoms with E-state index in [2.05, 4.69) is 6.92 Å². The van der Waals surface area contributed by atoms with Gasteiger partial charge in [0.25, 0.3) is 0 Å². The van der Waals surface area contributed by atoms with Crippen LogP contribution in [0.25, 0.3) is 0 Å². The summed E-state index contributed by atoms with van der Waals surface area (Å²) in [6.45, 7) is 3.03. The molecule has 2 N–H and O–H groups in total. The van der Waals surface area contributed by atoms with Crippen LogP contribution in [0.1, 0.15) is 45.4 Å². The van der Waals surface area contributed by atoms with E-state index in [9.17, 15) is 4.79 Å². The zero-order valence-electron chi connectivity index (χ0n) is 10.5. The average molecular weight is 254 g/mol. The Balaban J connectivity index is 2.08. The molecule has 1 aliphatic carbocycles. The highest BCUT2D eigenvalue weighted by Gasteiger charge is 2.37. The number of nitrogens with two attached hydrogens (primary N) is 1. The Labute approximate surface area is 109 Å². The van der Waals surface area contributed by atoms with E-state index < -0.39 is 0 Å². The highest BCUT2D eigenvalue weighted by molar-refractivity contribution is 7.80. The van der Waals surface area contributed by atoms with E-state index in [0.29, 0.717) is 16.8 Å². The molecule has 1 heterocycles. The minimum atomic E-state index is 0.0130. The van der Waals surface area contributed by atoms with Crippen LogP contribution in [0.4, 0.5) is 0 Å². The molecule has 2 fully saturated rings. The minimum absolute atomic E-state index is 0.0130. The molecule has 3 unspecified atom stereocenters. The molecule has 2 rings (SSSR count). The fraction of sp³-hybridized carbons (Fsp3) is 0.846. The van der Waals surface area contributed by atoms with Gasteiger partial charge in [0, 0.05) is 12.5 Å². The molecule has 17 heavy (non-hydrogen) atoms. The molecule has 0 radical (unpaired) electrons. The van der Waals surface area contributed by atoms with Gasteiger partial charge in [-0.15, -0.1) is 0 Å². The van der Waals surface area contributed by atoms with Crippen molar-refractivity contribution in [3.63, 3.8) is 0 Å². The maximum atomic E-state index is 12.5. The largest absolute Gasteiger partial charge is 0.392 e. The topological polar surface area (TPSA) is 46.3 Å². The second kappa shape index (κ2) is 5.34. The number of carbonyl (C=O) groups excluding carboxylic acids is 1. The molecule has 96 valence electrons. The van der Waals surface area contributed by atoms with Crippen LogP contribution in [0.3, 0.4) is 0 Å². The Hall–Kier alpha value is -0.640. The highest BCUT2D eigenvalue weighted by atomic mass is 32.1. The molecule has 2 aliphatic rings. The minimum Gasteiger partial charge on any atom is -0.392 e. The predicted octanol–water partition coefficient (Wildman–Crippen LogP) is 2.09. The van der Waals surface area contributed by atoms with Gasteiger partial charge < -0.3 is 10.6 Å². The molecular formula is C13H22N2OS. The molecular weight excluding hydrogens is 232 g/mol. The molecule has 3 nitrogen and oxygen atoms in total. The monoisotopic (exact) mass is 254 g/mol. The van der Waals surface area contributed by atoms with E-state index in [1.165, 1.54) is 12.8 Å². The fourth-order valence-corrected chi connectivity index (χ4v) is 3.46. The number of nitrogens with zero attached hydrogens (tertiary/aromatic N) is 1. The van der Waals surface area contributed by atoms with Crippen LogP contribution in [0, 0.1) is 11.8 Å². The van der Waals surface area contributed by atoms with Gasteiger partial charge >= 0.3 is 0 Å². The van der Waals surface area contributed by atoms with Crippen LogP contribution in [-0.4, -0.2) is 28.4 Å². The first-order valence-corrected chi connectivity index (χ1v) is 7.12. The number of thiocarbonyl (C=S) groups is 1. The number of piperidine rings is 1. The smallest absolute Gasteiger partial charge is 0.226 e. The Kier molecular flexibility index (Phi) is 4.02. The van der Waals surface area contributed by atoms with E-state index in [1.807, 2.05) is 4.90 Å². The summed E-state index contributed by atoms with van der Waals surface area (Å²) in [5.41, 5.74) is 5.77. The Bertz CT molecular complexity index is 319. The first-order chi connectivity index (χ1) is 8.11. The summed E-state index contributed by atoms with van der Waals surface area (Å²) < 4.78 is 0. The first kappa shape index (κ1) is 12.8. The summed E-state index contributed by atoms with van der Waals surface area (Å²) >= 11 is 5.10. The Morgan fingerprint density at radius 2 is 2.00 bits per heavy atom. The molecule has 1 amide bonds. The lowest BCUT2D eigenvalue weighted by Crippen LogP contribution is -2.52. The van der Waals surface area contributed by atoms with Crippen molar-refractivity contribution in [2.24, 2.45) is 17.6 Å². The van der Waals surface area contributed by atoms with Gasteiger partial charge in [-0.1, -0.05) is 25.6 Å². The van der Waals surface area contributed by atoms with Crippen LogP contribution in [0.2, 0.25) is 0 Å². The number of amides is 1. The third-order valence-corrected chi connectivity index (χ3v) is 4.57. The standard InChI is InChI=1S/C13H22N2OS/c1-9-5-4-6-10(9)13(16)15-8-3-2-7-11(15)12(14)17/h9-11H,2-8H2,1H3,(H2,14,17). The van der Waals surface area contributed by atoms with Gasteiger partial charge in [-0.3, -0.25) is 4.79 Å². The molecule has 0 aromatic rings. The van der Waals surface area contributed by atoms with E-state index in [-0.39, 0.29) is 12.0 Å². The lowest BCUT2D eigenvalue weighted by molar-refractivity contribution is -0.138. The van der Waals surface area contributed by atoms with Crippen molar-refractivity contribution in [1.82, 2.24) is 4.90 Å². The molecule has 3 atom stereocenters. The van der Waals surface area contributed by atoms with Gasteiger partial charge in [0.15, 0.2) is 0 Å². The normalized spacial score (nSPS) is 33.7. The van der Waals surface area contributed by atoms with E-state index >= 15 is 0 Å². The molecule has 0 spiro atoms. The second-order valence-electron chi connectivity index (χ2n) is 5.46. The number of carbonyl (C=O) groups is 1. The van der Waals surface area contributed by atoms with Gasteiger partial charge in [0.2, 0.25) is 5.91 Å². The van der Waals surface area contributed by atoms with Crippen LogP contribution in [0.15, 0.2) is 0 Å². The first-order valence-electron chi connectivity index (χ1n) is 6.71. The summed E-state index contributed by atoms with van der Waals surface area (Å²) in [6.07, 6.45) is 6.58. The third-order valence-electron chi connectivity index (χ3n) is 4.29. The molecule has 0 aromatic carbocycles. The number of rotatable bonds is 2. The van der Waals surface area contributed by atoms with Crippen molar-refractivity contribution < 1.29 is 4.79 Å². The van der Waals surface area contributed by atoms with Crippen molar-refractivity contribution in [2.45, 2.75) is 51.5 Å². The van der Waals surface area contributed by atoms with Crippen molar-refractivity contribution in [1.29, 1.82) is 0 Å². The summed E-state index contributed by atoms with van der Waals surface area (Å²) in [4.78, 5) is 15.0. The van der Waals surface area contributed by atoms with Crippen LogP contribution in [-0.2, 0) is 4.79 Å². The Morgan fingerprint density at radius 1 is 1.24 bits per heavy atom. The van der Waals surface area contributed by atoms with Crippen molar-refractivity contribution >= 4 is 23.1 Å². The summed E-state index contributed by atoms with van der Waals surface area (Å²) in [7, 11) is 0. The molecule has 4 heteroatoms. The van der Waals surface area contributed by atoms with Crippen LogP contribution < -0.4 is 5.73 Å². The number of likely N-dealkylation sites (tertiary alicyclic amines) is 1. The SMILES string of the molecule is CC1CCCC1C(=O)N1CCCCC1C(N)=S. The highest BCUT2D eigenvalue weighted by Crippen LogP contribution is 2.34. The maximum Gasteiger partial charge on any atom is 0.226 e.